The lowest BCUT2D eigenvalue weighted by molar-refractivity contribution is -0.140. The van der Waals surface area contributed by atoms with Gasteiger partial charge in [-0.15, -0.1) is 0 Å². The molecule has 216 valence electrons. The molecule has 1 N–H and O–H groups in total. The van der Waals surface area contributed by atoms with Gasteiger partial charge in [-0.3, -0.25) is 9.36 Å². The van der Waals surface area contributed by atoms with Crippen molar-refractivity contribution in [3.63, 3.8) is 0 Å². The molecule has 0 fully saturated rings. The van der Waals surface area contributed by atoms with E-state index < -0.39 is 30.1 Å². The Morgan fingerprint density at radius 3 is 2.52 bits per heavy atom. The summed E-state index contributed by atoms with van der Waals surface area (Å²) in [5.74, 6) is -1.23. The molecule has 2 heterocycles. The molecular weight excluding hydrogens is 603 g/mol. The average Bonchev–Trinajstić information content (AvgIpc) is 3.25. The predicted octanol–water partition coefficient (Wildman–Crippen LogP) is 4.73. The quantitative estimate of drug-likeness (QED) is 0.281. The van der Waals surface area contributed by atoms with Crippen LogP contribution in [0.25, 0.3) is 16.8 Å². The molecule has 5 rings (SSSR count). The Balaban J connectivity index is 1.75. The number of ether oxygens (including phenoxy) is 3. The van der Waals surface area contributed by atoms with E-state index in [0.717, 1.165) is 22.1 Å². The second-order valence-corrected chi connectivity index (χ2v) is 11.0. The maximum Gasteiger partial charge on any atom is 0.341 e. The highest BCUT2D eigenvalue weighted by atomic mass is 35.5. The Kier molecular flexibility index (Phi) is 8.40. The number of hydrogen-bond acceptors (Lipinski definition) is 8. The smallest absolute Gasteiger partial charge is 0.341 e. The first-order valence-corrected chi connectivity index (χ1v) is 14.3. The van der Waals surface area contributed by atoms with Crippen molar-refractivity contribution in [3.05, 3.63) is 101 Å². The lowest BCUT2D eigenvalue weighted by Gasteiger charge is -2.27. The van der Waals surface area contributed by atoms with Crippen LogP contribution in [-0.2, 0) is 14.3 Å². The predicted molar refractivity (Wildman–Crippen MR) is 160 cm³/mol. The van der Waals surface area contributed by atoms with Gasteiger partial charge in [0.1, 0.15) is 11.8 Å². The number of carboxylic acids is 1. The summed E-state index contributed by atoms with van der Waals surface area (Å²) in [5, 5.41) is 10.8. The first-order valence-electron chi connectivity index (χ1n) is 12.7. The van der Waals surface area contributed by atoms with Crippen LogP contribution in [0.5, 0.6) is 11.5 Å². The maximum atomic E-state index is 14.1. The number of carbonyl (C=O) groups excluding carboxylic acids is 1. The van der Waals surface area contributed by atoms with E-state index in [2.05, 4.69) is 4.99 Å². The molecule has 9 nitrogen and oxygen atoms in total. The molecule has 42 heavy (non-hydrogen) atoms. The standard InChI is InChI=1S/C30H24Cl2N2O7S/c1-4-40-29(38)24-15(2)33-30-34(26(24)25-18-8-6-5-7-17(18)9-10-21(25)39-3)28(37)22(42-30)13-16-11-19(31)27(20(32)12-16)41-14-23(35)36/h5-13,26H,4,14H2,1-3H3,(H,35,36)/b22-13-/t26-/m1/s1. The van der Waals surface area contributed by atoms with E-state index in [4.69, 9.17) is 42.5 Å². The third-order valence-corrected chi connectivity index (χ3v) is 8.14. The summed E-state index contributed by atoms with van der Waals surface area (Å²) in [6, 6.07) is 13.5. The first-order chi connectivity index (χ1) is 20.1. The molecular formula is C30H24Cl2N2O7S. The summed E-state index contributed by atoms with van der Waals surface area (Å²) in [4.78, 5) is 43.4. The number of carboxylic acid groups (broad SMARTS) is 1. The van der Waals surface area contributed by atoms with Crippen LogP contribution in [0.15, 0.2) is 69.6 Å². The number of halogens is 2. The Labute approximate surface area is 253 Å². The largest absolute Gasteiger partial charge is 0.496 e. The Bertz CT molecular complexity index is 1940. The molecule has 1 aromatic heterocycles. The van der Waals surface area contributed by atoms with Crippen LogP contribution in [-0.4, -0.2) is 41.9 Å². The number of rotatable bonds is 8. The molecule has 0 radical (unpaired) electrons. The van der Waals surface area contributed by atoms with Crippen LogP contribution in [0.3, 0.4) is 0 Å². The fraction of sp³-hybridized carbons (Fsp3) is 0.200. The minimum Gasteiger partial charge on any atom is -0.496 e. The molecule has 1 aliphatic rings. The van der Waals surface area contributed by atoms with Gasteiger partial charge in [-0.25, -0.2) is 14.6 Å². The van der Waals surface area contributed by atoms with Gasteiger partial charge in [0.25, 0.3) is 5.56 Å². The summed E-state index contributed by atoms with van der Waals surface area (Å²) in [7, 11) is 1.54. The van der Waals surface area contributed by atoms with Gasteiger partial charge in [0, 0.05) is 5.56 Å². The molecule has 0 unspecified atom stereocenters. The number of carbonyl (C=O) groups is 2. The maximum absolute atomic E-state index is 14.1. The van der Waals surface area contributed by atoms with Crippen molar-refractivity contribution in [2.45, 2.75) is 19.9 Å². The molecule has 0 saturated heterocycles. The van der Waals surface area contributed by atoms with Crippen molar-refractivity contribution in [3.8, 4) is 11.5 Å². The molecule has 1 atom stereocenters. The van der Waals surface area contributed by atoms with Crippen molar-refractivity contribution >= 4 is 63.3 Å². The van der Waals surface area contributed by atoms with E-state index in [9.17, 15) is 14.4 Å². The van der Waals surface area contributed by atoms with E-state index in [1.807, 2.05) is 36.4 Å². The van der Waals surface area contributed by atoms with E-state index in [-0.39, 0.29) is 28.0 Å². The highest BCUT2D eigenvalue weighted by Gasteiger charge is 2.36. The number of fused-ring (bicyclic) bond motifs is 2. The molecule has 12 heteroatoms. The summed E-state index contributed by atoms with van der Waals surface area (Å²) in [6.07, 6.45) is 1.60. The SMILES string of the molecule is CCOC(=O)C1=C(C)N=c2s/c(=C\c3cc(Cl)c(OCC(=O)O)c(Cl)c3)c(=O)n2[C@H]1c1c(OC)ccc2ccccc12. The Hall–Kier alpha value is -4.12. The number of aromatic nitrogens is 1. The topological polar surface area (TPSA) is 116 Å². The molecule has 0 spiro atoms. The van der Waals surface area contributed by atoms with Gasteiger partial charge in [0.15, 0.2) is 17.2 Å². The van der Waals surface area contributed by atoms with Gasteiger partial charge in [0.2, 0.25) is 0 Å². The number of hydrogen-bond donors (Lipinski definition) is 1. The number of aliphatic carboxylic acids is 1. The van der Waals surface area contributed by atoms with Crippen molar-refractivity contribution in [1.82, 2.24) is 4.57 Å². The Morgan fingerprint density at radius 1 is 1.14 bits per heavy atom. The van der Waals surface area contributed by atoms with Crippen molar-refractivity contribution in [2.24, 2.45) is 4.99 Å². The lowest BCUT2D eigenvalue weighted by Crippen LogP contribution is -2.40. The normalized spacial score (nSPS) is 14.9. The van der Waals surface area contributed by atoms with Crippen LogP contribution in [0.4, 0.5) is 0 Å². The number of methoxy groups -OCH3 is 1. The van der Waals surface area contributed by atoms with Crippen molar-refractivity contribution in [1.29, 1.82) is 0 Å². The van der Waals surface area contributed by atoms with E-state index in [1.54, 1.807) is 19.9 Å². The number of thiazole rings is 1. The molecule has 0 amide bonds. The number of benzene rings is 3. The zero-order chi connectivity index (χ0) is 30.1. The van der Waals surface area contributed by atoms with E-state index in [1.165, 1.54) is 23.8 Å². The number of esters is 1. The zero-order valence-corrected chi connectivity index (χ0v) is 25.0. The van der Waals surface area contributed by atoms with Crippen molar-refractivity contribution in [2.75, 3.05) is 20.3 Å². The average molecular weight is 628 g/mol. The van der Waals surface area contributed by atoms with Gasteiger partial charge >= 0.3 is 11.9 Å². The summed E-state index contributed by atoms with van der Waals surface area (Å²) < 4.78 is 18.2. The highest BCUT2D eigenvalue weighted by molar-refractivity contribution is 7.07. The van der Waals surface area contributed by atoms with Crippen LogP contribution >= 0.6 is 34.5 Å². The third-order valence-electron chi connectivity index (χ3n) is 6.60. The van der Waals surface area contributed by atoms with Crippen LogP contribution < -0.4 is 24.4 Å². The molecule has 0 bridgehead atoms. The molecule has 4 aromatic rings. The van der Waals surface area contributed by atoms with Crippen LogP contribution in [0.2, 0.25) is 10.0 Å². The zero-order valence-electron chi connectivity index (χ0n) is 22.6. The van der Waals surface area contributed by atoms with Gasteiger partial charge in [-0.1, -0.05) is 64.9 Å². The van der Waals surface area contributed by atoms with Gasteiger partial charge in [-0.05, 0) is 54.5 Å². The molecule has 3 aromatic carbocycles. The number of allylic oxidation sites excluding steroid dienone is 1. The fourth-order valence-electron chi connectivity index (χ4n) is 4.89. The monoisotopic (exact) mass is 626 g/mol. The van der Waals surface area contributed by atoms with Crippen LogP contribution in [0, 0.1) is 0 Å². The summed E-state index contributed by atoms with van der Waals surface area (Å²) in [5.41, 5.74) is 1.38. The first kappa shape index (κ1) is 29.4. The number of nitrogens with zero attached hydrogens (tertiary/aromatic N) is 2. The fourth-order valence-corrected chi connectivity index (χ4v) is 6.55. The van der Waals surface area contributed by atoms with E-state index in [0.29, 0.717) is 31.9 Å². The third kappa shape index (κ3) is 5.40. The van der Waals surface area contributed by atoms with Gasteiger partial charge < -0.3 is 19.3 Å². The Morgan fingerprint density at radius 2 is 1.86 bits per heavy atom. The lowest BCUT2D eigenvalue weighted by atomic mass is 9.90. The highest BCUT2D eigenvalue weighted by Crippen LogP contribution is 2.40. The summed E-state index contributed by atoms with van der Waals surface area (Å²) in [6.45, 7) is 2.96. The van der Waals surface area contributed by atoms with Crippen LogP contribution in [0.1, 0.15) is 31.0 Å². The second kappa shape index (κ2) is 12.0. The van der Waals surface area contributed by atoms with Crippen molar-refractivity contribution < 1.29 is 28.9 Å². The van der Waals surface area contributed by atoms with E-state index >= 15 is 0 Å². The minimum atomic E-state index is -1.18. The second-order valence-electron chi connectivity index (χ2n) is 9.20. The summed E-state index contributed by atoms with van der Waals surface area (Å²) >= 11 is 13.8. The molecule has 0 aliphatic carbocycles. The van der Waals surface area contributed by atoms with Gasteiger partial charge in [0.05, 0.1) is 39.6 Å². The molecule has 1 aliphatic heterocycles. The molecule has 0 saturated carbocycles. The minimum absolute atomic E-state index is 0.0251. The van der Waals surface area contributed by atoms with Gasteiger partial charge in [-0.2, -0.15) is 0 Å².